The second-order valence-corrected chi connectivity index (χ2v) is 6.39. The molecule has 5 heteroatoms. The van der Waals surface area contributed by atoms with Crippen molar-refractivity contribution in [3.63, 3.8) is 0 Å². The van der Waals surface area contributed by atoms with Gasteiger partial charge in [-0.25, -0.2) is 0 Å². The van der Waals surface area contributed by atoms with Crippen molar-refractivity contribution in [1.82, 2.24) is 0 Å². The molecule has 0 heterocycles. The molecule has 0 saturated carbocycles. The van der Waals surface area contributed by atoms with Crippen LogP contribution in [0.1, 0.15) is 6.42 Å². The summed E-state index contributed by atoms with van der Waals surface area (Å²) >= 11 is 4.30. The quantitative estimate of drug-likeness (QED) is 0.404. The van der Waals surface area contributed by atoms with Crippen molar-refractivity contribution >= 4 is 21.4 Å². The van der Waals surface area contributed by atoms with Crippen LogP contribution in [0.15, 0.2) is 12.7 Å². The maximum absolute atomic E-state index is 5.26. The second kappa shape index (κ2) is 6.61. The minimum Gasteiger partial charge on any atom is -0.377 e. The lowest BCUT2D eigenvalue weighted by atomic mass is 10.3. The zero-order valence-corrected chi connectivity index (χ0v) is 10.3. The molecule has 0 rings (SSSR count). The van der Waals surface area contributed by atoms with Crippen LogP contribution in [0.2, 0.25) is 6.04 Å². The van der Waals surface area contributed by atoms with E-state index in [1.165, 1.54) is 0 Å². The number of thiol groups is 1. The summed E-state index contributed by atoms with van der Waals surface area (Å²) in [6, 6.07) is 0.761. The lowest BCUT2D eigenvalue weighted by Crippen LogP contribution is -2.43. The third-order valence-electron chi connectivity index (χ3n) is 1.95. The summed E-state index contributed by atoms with van der Waals surface area (Å²) in [7, 11) is 2.44. The van der Waals surface area contributed by atoms with Gasteiger partial charge in [-0.3, -0.25) is 0 Å². The van der Waals surface area contributed by atoms with Gasteiger partial charge in [-0.05, 0) is 6.42 Å². The van der Waals surface area contributed by atoms with Crippen LogP contribution in [0.5, 0.6) is 0 Å². The van der Waals surface area contributed by atoms with Gasteiger partial charge in [0.1, 0.15) is 0 Å². The maximum Gasteiger partial charge on any atom is 0.500 e. The molecule has 0 aromatic rings. The molecule has 0 aromatic heterocycles. The minimum atomic E-state index is -2.39. The van der Waals surface area contributed by atoms with Gasteiger partial charge in [-0.2, -0.15) is 12.6 Å². The van der Waals surface area contributed by atoms with Crippen molar-refractivity contribution in [3.8, 4) is 0 Å². The first-order valence-electron chi connectivity index (χ1n) is 4.10. The van der Waals surface area contributed by atoms with Crippen LogP contribution in [0.4, 0.5) is 0 Å². The lowest BCUT2D eigenvalue weighted by molar-refractivity contribution is 0.123. The smallest absolute Gasteiger partial charge is 0.377 e. The van der Waals surface area contributed by atoms with E-state index in [-0.39, 0.29) is 5.25 Å². The average Bonchev–Trinajstić information content (AvgIpc) is 2.20. The van der Waals surface area contributed by atoms with Crippen LogP contribution in [0, 0.1) is 0 Å². The summed E-state index contributed by atoms with van der Waals surface area (Å²) < 4.78 is 15.8. The molecule has 3 nitrogen and oxygen atoms in total. The van der Waals surface area contributed by atoms with E-state index < -0.39 is 8.80 Å². The van der Waals surface area contributed by atoms with E-state index >= 15 is 0 Å². The molecule has 13 heavy (non-hydrogen) atoms. The summed E-state index contributed by atoms with van der Waals surface area (Å²) in [6.45, 7) is 3.66. The van der Waals surface area contributed by atoms with Gasteiger partial charge in [0.15, 0.2) is 0 Å². The molecule has 0 fully saturated rings. The van der Waals surface area contributed by atoms with Crippen LogP contribution in [0.3, 0.4) is 0 Å². The predicted molar refractivity (Wildman–Crippen MR) is 59.2 cm³/mol. The van der Waals surface area contributed by atoms with E-state index in [0.29, 0.717) is 0 Å². The van der Waals surface area contributed by atoms with E-state index in [4.69, 9.17) is 13.3 Å². The summed E-state index contributed by atoms with van der Waals surface area (Å²) in [4.78, 5) is 0. The molecule has 0 radical (unpaired) electrons. The van der Waals surface area contributed by atoms with Crippen LogP contribution in [0.25, 0.3) is 0 Å². The average molecular weight is 222 g/mol. The van der Waals surface area contributed by atoms with Gasteiger partial charge in [-0.1, -0.05) is 6.08 Å². The normalized spacial score (nSPS) is 14.2. The fourth-order valence-corrected chi connectivity index (χ4v) is 3.15. The molecule has 0 aliphatic heterocycles. The van der Waals surface area contributed by atoms with E-state index in [2.05, 4.69) is 19.2 Å². The molecule has 0 N–H and O–H groups in total. The van der Waals surface area contributed by atoms with Crippen molar-refractivity contribution in [3.05, 3.63) is 12.7 Å². The standard InChI is InChI=1S/C8H18O3SSi/c1-5-8(12)6-7-13(9-2,10-3)11-4/h5,8,12H,1,6-7H2,2-4H3. The molecular formula is C8H18O3SSi. The molecule has 1 atom stereocenters. The molecule has 0 aromatic carbocycles. The highest BCUT2D eigenvalue weighted by atomic mass is 32.1. The highest BCUT2D eigenvalue weighted by molar-refractivity contribution is 7.81. The third-order valence-corrected chi connectivity index (χ3v) is 5.19. The van der Waals surface area contributed by atoms with Crippen molar-refractivity contribution in [2.75, 3.05) is 21.3 Å². The largest absolute Gasteiger partial charge is 0.500 e. The van der Waals surface area contributed by atoms with Crippen molar-refractivity contribution in [2.45, 2.75) is 17.7 Å². The molecule has 1 unspecified atom stereocenters. The van der Waals surface area contributed by atoms with Crippen LogP contribution >= 0.6 is 12.6 Å². The first-order valence-corrected chi connectivity index (χ1v) is 6.55. The fourth-order valence-electron chi connectivity index (χ4n) is 0.999. The van der Waals surface area contributed by atoms with Gasteiger partial charge in [0, 0.05) is 32.6 Å². The van der Waals surface area contributed by atoms with E-state index in [9.17, 15) is 0 Å². The Bertz CT molecular complexity index is 142. The summed E-state index contributed by atoms with van der Waals surface area (Å²) in [5.74, 6) is 0. The van der Waals surface area contributed by atoms with Gasteiger partial charge >= 0.3 is 8.80 Å². The summed E-state index contributed by atoms with van der Waals surface area (Å²) in [5, 5.41) is 0.173. The third kappa shape index (κ3) is 4.28. The van der Waals surface area contributed by atoms with Crippen LogP contribution < -0.4 is 0 Å². The van der Waals surface area contributed by atoms with Crippen molar-refractivity contribution in [2.24, 2.45) is 0 Å². The Hall–Kier alpha value is 0.187. The Balaban J connectivity index is 4.02. The lowest BCUT2D eigenvalue weighted by Gasteiger charge is -2.24. The highest BCUT2D eigenvalue weighted by Crippen LogP contribution is 2.18. The van der Waals surface area contributed by atoms with Gasteiger partial charge < -0.3 is 13.3 Å². The predicted octanol–water partition coefficient (Wildman–Crippen LogP) is 1.74. The summed E-state index contributed by atoms with van der Waals surface area (Å²) in [5.41, 5.74) is 0. The molecule has 0 amide bonds. The molecule has 0 spiro atoms. The van der Waals surface area contributed by atoms with Gasteiger partial charge in [0.05, 0.1) is 0 Å². The fraction of sp³-hybridized carbons (Fsp3) is 0.750. The summed E-state index contributed by atoms with van der Waals surface area (Å²) in [6.07, 6.45) is 2.65. The first-order chi connectivity index (χ1) is 6.14. The molecular weight excluding hydrogens is 204 g/mol. The second-order valence-electron chi connectivity index (χ2n) is 2.64. The maximum atomic E-state index is 5.26. The molecule has 0 bridgehead atoms. The minimum absolute atomic E-state index is 0.173. The zero-order valence-electron chi connectivity index (χ0n) is 8.45. The number of hydrogen-bond donors (Lipinski definition) is 1. The van der Waals surface area contributed by atoms with Gasteiger partial charge in [-0.15, -0.1) is 6.58 Å². The Labute approximate surface area is 86.9 Å². The van der Waals surface area contributed by atoms with Gasteiger partial charge in [0.25, 0.3) is 0 Å². The van der Waals surface area contributed by atoms with E-state index in [0.717, 1.165) is 12.5 Å². The number of hydrogen-bond acceptors (Lipinski definition) is 4. The zero-order chi connectivity index (χ0) is 10.3. The van der Waals surface area contributed by atoms with Crippen LogP contribution in [-0.2, 0) is 13.3 Å². The van der Waals surface area contributed by atoms with Gasteiger partial charge in [0.2, 0.25) is 0 Å². The Morgan fingerprint density at radius 3 is 2.08 bits per heavy atom. The SMILES string of the molecule is C=CC(S)CC[Si](OC)(OC)OC. The van der Waals surface area contributed by atoms with Crippen LogP contribution in [-0.4, -0.2) is 35.4 Å². The monoisotopic (exact) mass is 222 g/mol. The van der Waals surface area contributed by atoms with E-state index in [1.54, 1.807) is 27.4 Å². The Morgan fingerprint density at radius 1 is 1.31 bits per heavy atom. The first kappa shape index (κ1) is 13.2. The topological polar surface area (TPSA) is 27.7 Å². The Morgan fingerprint density at radius 2 is 1.77 bits per heavy atom. The molecule has 78 valence electrons. The van der Waals surface area contributed by atoms with E-state index in [1.807, 2.05) is 0 Å². The highest BCUT2D eigenvalue weighted by Gasteiger charge is 2.37. The molecule has 0 aliphatic carbocycles. The van der Waals surface area contributed by atoms with Crippen molar-refractivity contribution in [1.29, 1.82) is 0 Å². The number of rotatable bonds is 7. The molecule has 0 saturated heterocycles. The van der Waals surface area contributed by atoms with Crippen molar-refractivity contribution < 1.29 is 13.3 Å². The Kier molecular flexibility index (Phi) is 6.71. The molecule has 0 aliphatic rings.